The Morgan fingerprint density at radius 2 is 1.22 bits per heavy atom. The summed E-state index contributed by atoms with van der Waals surface area (Å²) in [5.74, 6) is 0. The molecule has 132 valence electrons. The fraction of sp³-hybridized carbons (Fsp3) is 0.739. The standard InChI is InChI=1S/C16H22.C5H12.C2H6/c1-13-3-5-14(6-4-13)16-10-7-15(2,8-11-16)9-12-16;1-3-5-4-2;1-2/h3-6H,7-12H2,1-2H3;3-5H2,1-2H3;1-2H3. The van der Waals surface area contributed by atoms with Crippen molar-refractivity contribution in [3.63, 3.8) is 0 Å². The molecule has 0 unspecified atom stereocenters. The van der Waals surface area contributed by atoms with Gasteiger partial charge in [-0.15, -0.1) is 0 Å². The van der Waals surface area contributed by atoms with Crippen molar-refractivity contribution in [1.29, 1.82) is 0 Å². The van der Waals surface area contributed by atoms with Crippen molar-refractivity contribution in [2.45, 2.75) is 105 Å². The largest absolute Gasteiger partial charge is 0.0683 e. The van der Waals surface area contributed by atoms with Crippen LogP contribution in [0.1, 0.15) is 104 Å². The minimum atomic E-state index is 0.547. The number of hydrogen-bond acceptors (Lipinski definition) is 0. The molecule has 0 aliphatic heterocycles. The summed E-state index contributed by atoms with van der Waals surface area (Å²) < 4.78 is 0. The van der Waals surface area contributed by atoms with Crippen LogP contribution >= 0.6 is 0 Å². The van der Waals surface area contributed by atoms with Crippen LogP contribution < -0.4 is 0 Å². The molecule has 0 amide bonds. The minimum absolute atomic E-state index is 0.547. The molecule has 0 saturated heterocycles. The number of unbranched alkanes of at least 4 members (excludes halogenated alkanes) is 2. The Morgan fingerprint density at radius 3 is 1.57 bits per heavy atom. The van der Waals surface area contributed by atoms with Gasteiger partial charge < -0.3 is 0 Å². The molecular formula is C23H40. The molecule has 0 N–H and O–H groups in total. The van der Waals surface area contributed by atoms with E-state index in [9.17, 15) is 0 Å². The number of hydrogen-bond donors (Lipinski definition) is 0. The van der Waals surface area contributed by atoms with E-state index < -0.39 is 0 Å². The second kappa shape index (κ2) is 9.50. The SMILES string of the molecule is CC.CCCCC.Cc1ccc(C23CCC(C)(CC2)CC3)cc1. The normalized spacial score (nSPS) is 28.3. The van der Waals surface area contributed by atoms with Gasteiger partial charge in [0.05, 0.1) is 0 Å². The maximum absolute atomic E-state index is 2.49. The second-order valence-corrected chi connectivity index (χ2v) is 7.81. The van der Waals surface area contributed by atoms with Crippen LogP contribution in [0.4, 0.5) is 0 Å². The Bertz CT molecular complexity index is 399. The summed E-state index contributed by atoms with van der Waals surface area (Å²) in [5, 5.41) is 0. The highest BCUT2D eigenvalue weighted by Gasteiger charge is 2.46. The van der Waals surface area contributed by atoms with Crippen molar-refractivity contribution >= 4 is 0 Å². The van der Waals surface area contributed by atoms with Crippen LogP contribution in [0.3, 0.4) is 0 Å². The summed E-state index contributed by atoms with van der Waals surface area (Å²) >= 11 is 0. The predicted octanol–water partition coefficient (Wildman–Crippen LogP) is 7.83. The van der Waals surface area contributed by atoms with Crippen molar-refractivity contribution in [2.24, 2.45) is 5.41 Å². The summed E-state index contributed by atoms with van der Waals surface area (Å²) in [6, 6.07) is 9.33. The lowest BCUT2D eigenvalue weighted by Crippen LogP contribution is -2.42. The van der Waals surface area contributed by atoms with Gasteiger partial charge in [-0.3, -0.25) is 0 Å². The lowest BCUT2D eigenvalue weighted by Gasteiger charge is -2.52. The van der Waals surface area contributed by atoms with E-state index in [4.69, 9.17) is 0 Å². The summed E-state index contributed by atoms with van der Waals surface area (Å²) in [4.78, 5) is 0. The second-order valence-electron chi connectivity index (χ2n) is 7.81. The quantitative estimate of drug-likeness (QED) is 0.533. The summed E-state index contributed by atoms with van der Waals surface area (Å²) in [5.41, 5.74) is 4.23. The van der Waals surface area contributed by atoms with E-state index in [2.05, 4.69) is 52.0 Å². The molecule has 0 spiro atoms. The number of benzene rings is 1. The summed E-state index contributed by atoms with van der Waals surface area (Å²) in [7, 11) is 0. The van der Waals surface area contributed by atoms with Gasteiger partial charge in [-0.1, -0.05) is 83.7 Å². The third-order valence-corrected chi connectivity index (χ3v) is 5.99. The molecule has 0 nitrogen and oxygen atoms in total. The molecule has 1 aromatic carbocycles. The van der Waals surface area contributed by atoms with E-state index >= 15 is 0 Å². The van der Waals surface area contributed by atoms with Crippen molar-refractivity contribution in [1.82, 2.24) is 0 Å². The van der Waals surface area contributed by atoms with Gasteiger partial charge in [0.25, 0.3) is 0 Å². The molecule has 0 aromatic heterocycles. The van der Waals surface area contributed by atoms with Crippen molar-refractivity contribution < 1.29 is 0 Å². The van der Waals surface area contributed by atoms with Gasteiger partial charge in [0.1, 0.15) is 0 Å². The Morgan fingerprint density at radius 1 is 0.783 bits per heavy atom. The van der Waals surface area contributed by atoms with Crippen molar-refractivity contribution in [2.75, 3.05) is 0 Å². The molecular weight excluding hydrogens is 276 g/mol. The van der Waals surface area contributed by atoms with Crippen LogP contribution in [0.25, 0.3) is 0 Å². The van der Waals surface area contributed by atoms with Crippen molar-refractivity contribution in [3.05, 3.63) is 35.4 Å². The first kappa shape index (κ1) is 20.3. The van der Waals surface area contributed by atoms with E-state index in [1.807, 2.05) is 13.8 Å². The topological polar surface area (TPSA) is 0 Å². The van der Waals surface area contributed by atoms with Crippen molar-refractivity contribution in [3.8, 4) is 0 Å². The monoisotopic (exact) mass is 316 g/mol. The Balaban J connectivity index is 0.000000327. The minimum Gasteiger partial charge on any atom is -0.0683 e. The van der Waals surface area contributed by atoms with Gasteiger partial charge >= 0.3 is 0 Å². The first-order valence-electron chi connectivity index (χ1n) is 10.1. The Kier molecular flexibility index (Phi) is 8.37. The van der Waals surface area contributed by atoms with Gasteiger partial charge in [0, 0.05) is 0 Å². The van der Waals surface area contributed by atoms with E-state index in [1.165, 1.54) is 63.4 Å². The lowest BCUT2D eigenvalue weighted by molar-refractivity contribution is 0.0556. The molecule has 0 heterocycles. The van der Waals surface area contributed by atoms with Crippen LogP contribution in [0.5, 0.6) is 0 Å². The average Bonchev–Trinajstić information content (AvgIpc) is 2.60. The van der Waals surface area contributed by atoms with Gasteiger partial charge in [-0.05, 0) is 61.8 Å². The molecule has 23 heavy (non-hydrogen) atoms. The highest BCUT2D eigenvalue weighted by atomic mass is 14.5. The smallest absolute Gasteiger partial charge is 0.00464 e. The van der Waals surface area contributed by atoms with Crippen LogP contribution in [0.2, 0.25) is 0 Å². The zero-order chi connectivity index (χ0) is 17.3. The summed E-state index contributed by atoms with van der Waals surface area (Å²) in [6.07, 6.45) is 12.7. The van der Waals surface area contributed by atoms with Gasteiger partial charge in [0.2, 0.25) is 0 Å². The fourth-order valence-corrected chi connectivity index (χ4v) is 4.07. The molecule has 3 aliphatic carbocycles. The first-order chi connectivity index (χ1) is 11.0. The lowest BCUT2D eigenvalue weighted by atomic mass is 9.52. The molecule has 3 saturated carbocycles. The maximum atomic E-state index is 2.49. The Hall–Kier alpha value is -0.780. The average molecular weight is 317 g/mol. The van der Waals surface area contributed by atoms with Crippen LogP contribution in [0.15, 0.2) is 24.3 Å². The molecule has 4 rings (SSSR count). The molecule has 3 aliphatic rings. The van der Waals surface area contributed by atoms with E-state index in [1.54, 1.807) is 5.56 Å². The fourth-order valence-electron chi connectivity index (χ4n) is 4.07. The van der Waals surface area contributed by atoms with E-state index in [0.717, 1.165) is 0 Å². The van der Waals surface area contributed by atoms with Crippen LogP contribution in [-0.2, 0) is 5.41 Å². The summed E-state index contributed by atoms with van der Waals surface area (Å²) in [6.45, 7) is 13.1. The van der Waals surface area contributed by atoms with Gasteiger partial charge in [-0.25, -0.2) is 0 Å². The number of aryl methyl sites for hydroxylation is 1. The molecule has 1 aromatic rings. The molecule has 0 radical (unpaired) electrons. The predicted molar refractivity (Wildman–Crippen MR) is 105 cm³/mol. The number of fused-ring (bicyclic) bond motifs is 3. The van der Waals surface area contributed by atoms with E-state index in [0.29, 0.717) is 10.8 Å². The van der Waals surface area contributed by atoms with Gasteiger partial charge in [0.15, 0.2) is 0 Å². The molecule has 2 bridgehead atoms. The zero-order valence-corrected chi connectivity index (χ0v) is 16.7. The maximum Gasteiger partial charge on any atom is -0.00464 e. The Labute approximate surface area is 146 Å². The molecule has 3 fully saturated rings. The third-order valence-electron chi connectivity index (χ3n) is 5.99. The molecule has 0 heteroatoms. The zero-order valence-electron chi connectivity index (χ0n) is 16.7. The van der Waals surface area contributed by atoms with Crippen LogP contribution in [-0.4, -0.2) is 0 Å². The molecule has 0 atom stereocenters. The highest BCUT2D eigenvalue weighted by Crippen LogP contribution is 2.57. The third kappa shape index (κ3) is 5.37. The van der Waals surface area contributed by atoms with E-state index in [-0.39, 0.29) is 0 Å². The number of rotatable bonds is 3. The van der Waals surface area contributed by atoms with Gasteiger partial charge in [-0.2, -0.15) is 0 Å². The highest BCUT2D eigenvalue weighted by molar-refractivity contribution is 5.30. The van der Waals surface area contributed by atoms with Crippen LogP contribution in [0, 0.1) is 12.3 Å². The first-order valence-corrected chi connectivity index (χ1v) is 10.1.